The number of nitrogens with zero attached hydrogens (tertiary/aromatic N) is 1. The van der Waals surface area contributed by atoms with Gasteiger partial charge >= 0.3 is 0 Å². The van der Waals surface area contributed by atoms with Crippen molar-refractivity contribution in [3.8, 4) is 0 Å². The first-order chi connectivity index (χ1) is 8.58. The van der Waals surface area contributed by atoms with Crippen molar-refractivity contribution in [2.45, 2.75) is 18.9 Å². The predicted molar refractivity (Wildman–Crippen MR) is 77.1 cm³/mol. The number of carbonyl (C=O) groups is 1. The number of hydrogen-bond donors (Lipinski definition) is 1. The van der Waals surface area contributed by atoms with Gasteiger partial charge < -0.3 is 10.2 Å². The summed E-state index contributed by atoms with van der Waals surface area (Å²) in [4.78, 5) is 14.2. The van der Waals surface area contributed by atoms with Gasteiger partial charge in [-0.2, -0.15) is 0 Å². The molecule has 98 valence electrons. The number of carbonyl (C=O) groups excluding carboxylic acids is 1. The van der Waals surface area contributed by atoms with Gasteiger partial charge in [-0.1, -0.05) is 27.5 Å². The fourth-order valence-corrected chi connectivity index (χ4v) is 3.07. The van der Waals surface area contributed by atoms with Gasteiger partial charge in [0, 0.05) is 34.7 Å². The first-order valence-corrected chi connectivity index (χ1v) is 7.19. The zero-order chi connectivity index (χ0) is 13.1. The quantitative estimate of drug-likeness (QED) is 0.904. The second kappa shape index (κ2) is 6.04. The predicted octanol–water partition coefficient (Wildman–Crippen LogP) is 2.93. The van der Waals surface area contributed by atoms with Crippen LogP contribution in [0.2, 0.25) is 5.02 Å². The van der Waals surface area contributed by atoms with Gasteiger partial charge in [0.25, 0.3) is 5.91 Å². The second-order valence-corrected chi connectivity index (χ2v) is 5.93. The van der Waals surface area contributed by atoms with Crippen LogP contribution in [0, 0.1) is 0 Å². The van der Waals surface area contributed by atoms with E-state index in [-0.39, 0.29) is 11.9 Å². The van der Waals surface area contributed by atoms with Crippen molar-refractivity contribution in [1.29, 1.82) is 0 Å². The van der Waals surface area contributed by atoms with Crippen molar-refractivity contribution in [2.75, 3.05) is 20.1 Å². The molecule has 0 spiro atoms. The highest BCUT2D eigenvalue weighted by Gasteiger charge is 2.23. The third-order valence-electron chi connectivity index (χ3n) is 3.25. The van der Waals surface area contributed by atoms with E-state index < -0.39 is 0 Å². The average molecular weight is 332 g/mol. The lowest BCUT2D eigenvalue weighted by Gasteiger charge is -2.31. The molecule has 1 fully saturated rings. The fourth-order valence-electron chi connectivity index (χ4n) is 2.21. The molecule has 1 aromatic rings. The average Bonchev–Trinajstić information content (AvgIpc) is 2.37. The minimum atomic E-state index is 0.0203. The summed E-state index contributed by atoms with van der Waals surface area (Å²) in [6, 6.07) is 5.56. The van der Waals surface area contributed by atoms with Crippen molar-refractivity contribution in [3.05, 3.63) is 33.3 Å². The van der Waals surface area contributed by atoms with E-state index in [2.05, 4.69) is 21.2 Å². The zero-order valence-electron chi connectivity index (χ0n) is 10.2. The number of piperidine rings is 1. The first-order valence-electron chi connectivity index (χ1n) is 6.02. The van der Waals surface area contributed by atoms with Crippen LogP contribution in [0.5, 0.6) is 0 Å². The van der Waals surface area contributed by atoms with Crippen molar-refractivity contribution in [2.24, 2.45) is 0 Å². The maximum atomic E-state index is 12.4. The van der Waals surface area contributed by atoms with Crippen LogP contribution in [-0.2, 0) is 0 Å². The Labute approximate surface area is 121 Å². The highest BCUT2D eigenvalue weighted by molar-refractivity contribution is 9.10. The van der Waals surface area contributed by atoms with Crippen molar-refractivity contribution in [3.63, 3.8) is 0 Å². The van der Waals surface area contributed by atoms with Gasteiger partial charge in [-0.15, -0.1) is 0 Å². The third kappa shape index (κ3) is 3.25. The monoisotopic (exact) mass is 330 g/mol. The van der Waals surface area contributed by atoms with E-state index in [4.69, 9.17) is 11.6 Å². The molecule has 2 rings (SSSR count). The topological polar surface area (TPSA) is 32.3 Å². The Kier molecular flexibility index (Phi) is 4.65. The molecule has 0 aromatic heterocycles. The smallest absolute Gasteiger partial charge is 0.253 e. The van der Waals surface area contributed by atoms with Gasteiger partial charge in [-0.05, 0) is 37.6 Å². The molecular weight excluding hydrogens is 316 g/mol. The molecule has 0 aliphatic carbocycles. The van der Waals surface area contributed by atoms with Crippen LogP contribution < -0.4 is 5.32 Å². The number of likely N-dealkylation sites (N-methyl/N-ethyl adjacent to an activating group) is 1. The van der Waals surface area contributed by atoms with Crippen LogP contribution in [0.4, 0.5) is 0 Å². The summed E-state index contributed by atoms with van der Waals surface area (Å²) in [5.41, 5.74) is 0.627. The Balaban J connectivity index is 2.14. The lowest BCUT2D eigenvalue weighted by atomic mass is 10.1. The Morgan fingerprint density at radius 1 is 1.50 bits per heavy atom. The van der Waals surface area contributed by atoms with Gasteiger partial charge in [0.15, 0.2) is 0 Å². The van der Waals surface area contributed by atoms with E-state index in [1.807, 2.05) is 11.9 Å². The van der Waals surface area contributed by atoms with Crippen LogP contribution in [0.15, 0.2) is 22.7 Å². The standard InChI is InChI=1S/C13H16BrClN2O/c1-17(12-3-2-4-16-8-12)13(18)9-5-10(14)7-11(15)6-9/h5-7,12,16H,2-4,8H2,1H3. The molecule has 1 aromatic carbocycles. The summed E-state index contributed by atoms with van der Waals surface area (Å²) < 4.78 is 0.827. The molecule has 1 aliphatic heterocycles. The van der Waals surface area contributed by atoms with Crippen LogP contribution in [0.3, 0.4) is 0 Å². The van der Waals surface area contributed by atoms with E-state index in [9.17, 15) is 4.79 Å². The Morgan fingerprint density at radius 2 is 2.28 bits per heavy atom. The molecule has 1 atom stereocenters. The summed E-state index contributed by atoms with van der Waals surface area (Å²) in [5.74, 6) is 0.0203. The minimum Gasteiger partial charge on any atom is -0.337 e. The van der Waals surface area contributed by atoms with E-state index >= 15 is 0 Å². The van der Waals surface area contributed by atoms with Gasteiger partial charge in [0.1, 0.15) is 0 Å². The van der Waals surface area contributed by atoms with Gasteiger partial charge in [-0.3, -0.25) is 4.79 Å². The minimum absolute atomic E-state index is 0.0203. The van der Waals surface area contributed by atoms with E-state index in [0.29, 0.717) is 10.6 Å². The third-order valence-corrected chi connectivity index (χ3v) is 3.92. The van der Waals surface area contributed by atoms with Gasteiger partial charge in [-0.25, -0.2) is 0 Å². The highest BCUT2D eigenvalue weighted by atomic mass is 79.9. The normalized spacial score (nSPS) is 19.6. The van der Waals surface area contributed by atoms with Crippen molar-refractivity contribution >= 4 is 33.4 Å². The lowest BCUT2D eigenvalue weighted by Crippen LogP contribution is -2.46. The van der Waals surface area contributed by atoms with E-state index in [1.165, 1.54) is 0 Å². The van der Waals surface area contributed by atoms with E-state index in [1.54, 1.807) is 18.2 Å². The lowest BCUT2D eigenvalue weighted by molar-refractivity contribution is 0.0708. The maximum absolute atomic E-state index is 12.4. The molecule has 1 heterocycles. The molecule has 0 saturated carbocycles. The van der Waals surface area contributed by atoms with E-state index in [0.717, 1.165) is 30.4 Å². The molecule has 1 amide bonds. The molecule has 1 N–H and O–H groups in total. The number of nitrogens with one attached hydrogen (secondary N) is 1. The summed E-state index contributed by atoms with van der Waals surface area (Å²) in [6.07, 6.45) is 2.17. The molecule has 0 bridgehead atoms. The molecule has 18 heavy (non-hydrogen) atoms. The highest BCUT2D eigenvalue weighted by Crippen LogP contribution is 2.21. The van der Waals surface area contributed by atoms with Crippen LogP contribution in [0.1, 0.15) is 23.2 Å². The maximum Gasteiger partial charge on any atom is 0.253 e. The van der Waals surface area contributed by atoms with Crippen molar-refractivity contribution in [1.82, 2.24) is 10.2 Å². The number of amides is 1. The summed E-state index contributed by atoms with van der Waals surface area (Å²) in [7, 11) is 1.86. The molecule has 1 aliphatic rings. The van der Waals surface area contributed by atoms with Gasteiger partial charge in [0.2, 0.25) is 0 Å². The molecule has 5 heteroatoms. The zero-order valence-corrected chi connectivity index (χ0v) is 12.6. The Hall–Kier alpha value is -0.580. The first kappa shape index (κ1) is 13.8. The molecule has 3 nitrogen and oxygen atoms in total. The van der Waals surface area contributed by atoms with Crippen LogP contribution in [0.25, 0.3) is 0 Å². The number of benzene rings is 1. The Morgan fingerprint density at radius 3 is 2.89 bits per heavy atom. The number of halogens is 2. The summed E-state index contributed by atoms with van der Waals surface area (Å²) in [6.45, 7) is 1.91. The largest absolute Gasteiger partial charge is 0.337 e. The number of hydrogen-bond acceptors (Lipinski definition) is 2. The molecular formula is C13H16BrClN2O. The van der Waals surface area contributed by atoms with Crippen LogP contribution >= 0.6 is 27.5 Å². The van der Waals surface area contributed by atoms with Crippen LogP contribution in [-0.4, -0.2) is 37.0 Å². The second-order valence-electron chi connectivity index (χ2n) is 4.57. The molecule has 1 unspecified atom stereocenters. The molecule has 1 saturated heterocycles. The SMILES string of the molecule is CN(C(=O)c1cc(Cl)cc(Br)c1)C1CCCNC1. The fraction of sp³-hybridized carbons (Fsp3) is 0.462. The van der Waals surface area contributed by atoms with Gasteiger partial charge in [0.05, 0.1) is 0 Å². The summed E-state index contributed by atoms with van der Waals surface area (Å²) in [5, 5.41) is 3.89. The molecule has 0 radical (unpaired) electrons. The van der Waals surface area contributed by atoms with Crippen molar-refractivity contribution < 1.29 is 4.79 Å². The Bertz CT molecular complexity index is 426. The summed E-state index contributed by atoms with van der Waals surface area (Å²) >= 11 is 9.33. The number of rotatable bonds is 2.